The van der Waals surface area contributed by atoms with E-state index in [0.717, 1.165) is 13.0 Å². The third-order valence-corrected chi connectivity index (χ3v) is 12.8. The van der Waals surface area contributed by atoms with Gasteiger partial charge in [-0.15, -0.1) is 0 Å². The lowest BCUT2D eigenvalue weighted by Gasteiger charge is -2.46. The van der Waals surface area contributed by atoms with Crippen LogP contribution in [0, 0.1) is 6.92 Å². The van der Waals surface area contributed by atoms with Crippen molar-refractivity contribution in [1.82, 2.24) is 0 Å². The van der Waals surface area contributed by atoms with Crippen LogP contribution in [0.5, 0.6) is 0 Å². The highest BCUT2D eigenvalue weighted by molar-refractivity contribution is 6.74. The average Bonchev–Trinajstić information content (AvgIpc) is 3.17. The van der Waals surface area contributed by atoms with E-state index in [2.05, 4.69) is 167 Å². The second-order valence-electron chi connectivity index (χ2n) is 16.8. The van der Waals surface area contributed by atoms with Crippen molar-refractivity contribution in [1.29, 1.82) is 0 Å². The van der Waals surface area contributed by atoms with Crippen LogP contribution in [0.2, 0.25) is 0 Å². The third kappa shape index (κ3) is 5.38. The summed E-state index contributed by atoms with van der Waals surface area (Å²) in [6, 6.07) is 43.4. The van der Waals surface area contributed by atoms with Gasteiger partial charge in [-0.25, -0.2) is 0 Å². The Kier molecular flexibility index (Phi) is 8.18. The highest BCUT2D eigenvalue weighted by Gasteiger charge is 2.41. The lowest BCUT2D eigenvalue weighted by molar-refractivity contribution is 0.521. The smallest absolute Gasteiger partial charge is 0.198 e. The van der Waals surface area contributed by atoms with Crippen molar-refractivity contribution < 1.29 is 0 Å². The number of hydrogen-bond acceptors (Lipinski definition) is 2. The molecule has 1 aliphatic carbocycles. The van der Waals surface area contributed by atoms with Crippen molar-refractivity contribution in [2.75, 3.05) is 10.2 Å². The fraction of sp³-hybridized carbons (Fsp3) is 0.280. The molecule has 0 bridgehead atoms. The molecule has 0 saturated carbocycles. The molecule has 1 N–H and O–H groups in total. The van der Waals surface area contributed by atoms with E-state index < -0.39 is 0 Å². The topological polar surface area (TPSA) is 15.3 Å². The van der Waals surface area contributed by atoms with Crippen LogP contribution >= 0.6 is 0 Å². The normalized spacial score (nSPS) is 15.8. The molecule has 3 heteroatoms. The van der Waals surface area contributed by atoms with Crippen molar-refractivity contribution in [3.8, 4) is 11.1 Å². The SMILES string of the molecule is CCCC1=C(C(C)(C)c2cc(Nc3ccccc3)c(-c3c4c(cc5ccccc35)N3c5ccccc5C(C)(C)c5cccc(c53)B4)cc2C)CCCC1. The average molecular weight is 691 g/mol. The Morgan fingerprint density at radius 3 is 2.34 bits per heavy atom. The van der Waals surface area contributed by atoms with Crippen molar-refractivity contribution >= 4 is 57.4 Å². The van der Waals surface area contributed by atoms with Gasteiger partial charge < -0.3 is 10.2 Å². The number of fused-ring (bicyclic) bond motifs is 5. The first kappa shape index (κ1) is 33.8. The van der Waals surface area contributed by atoms with E-state index in [1.807, 2.05) is 0 Å². The Balaban J connectivity index is 1.32. The minimum atomic E-state index is -0.0904. The van der Waals surface area contributed by atoms with Gasteiger partial charge in [-0.05, 0) is 119 Å². The van der Waals surface area contributed by atoms with Crippen molar-refractivity contribution in [3.05, 3.63) is 149 Å². The number of rotatable bonds is 7. The van der Waals surface area contributed by atoms with Crippen LogP contribution in [0.4, 0.5) is 28.4 Å². The lowest BCUT2D eigenvalue weighted by atomic mass is 9.55. The van der Waals surface area contributed by atoms with Gasteiger partial charge in [0, 0.05) is 39.1 Å². The summed E-state index contributed by atoms with van der Waals surface area (Å²) in [5.74, 6) is 0. The van der Waals surface area contributed by atoms with Crippen LogP contribution in [0.15, 0.2) is 126 Å². The zero-order chi connectivity index (χ0) is 36.5. The van der Waals surface area contributed by atoms with Crippen molar-refractivity contribution in [3.63, 3.8) is 0 Å². The number of aryl methyl sites for hydroxylation is 1. The predicted molar refractivity (Wildman–Crippen MR) is 231 cm³/mol. The number of nitrogens with zero attached hydrogens (tertiary/aromatic N) is 1. The predicted octanol–water partition coefficient (Wildman–Crippen LogP) is 12.3. The van der Waals surface area contributed by atoms with Gasteiger partial charge in [0.25, 0.3) is 0 Å². The number of hydrogen-bond donors (Lipinski definition) is 1. The molecule has 6 aromatic rings. The first-order chi connectivity index (χ1) is 25.7. The number of anilines is 5. The minimum absolute atomic E-state index is 0.0571. The van der Waals surface area contributed by atoms with Gasteiger partial charge in [0.05, 0.1) is 5.69 Å². The first-order valence-corrected chi connectivity index (χ1v) is 19.9. The summed E-state index contributed by atoms with van der Waals surface area (Å²) in [4.78, 5) is 2.60. The zero-order valence-electron chi connectivity index (χ0n) is 32.4. The highest BCUT2D eigenvalue weighted by Crippen LogP contribution is 2.53. The molecule has 9 rings (SSSR count). The number of para-hydroxylation sites is 3. The van der Waals surface area contributed by atoms with Gasteiger partial charge in [-0.1, -0.05) is 137 Å². The second-order valence-corrected chi connectivity index (χ2v) is 16.8. The fourth-order valence-electron chi connectivity index (χ4n) is 10.3. The maximum absolute atomic E-state index is 3.98. The van der Waals surface area contributed by atoms with Gasteiger partial charge in [0.2, 0.25) is 0 Å². The molecule has 0 fully saturated rings. The molecule has 0 unspecified atom stereocenters. The summed E-state index contributed by atoms with van der Waals surface area (Å²) >= 11 is 0. The molecule has 2 aliphatic heterocycles. The summed E-state index contributed by atoms with van der Waals surface area (Å²) in [6.07, 6.45) is 7.50. The van der Waals surface area contributed by atoms with Gasteiger partial charge >= 0.3 is 0 Å². The number of nitrogens with one attached hydrogen (secondary N) is 1. The van der Waals surface area contributed by atoms with Gasteiger partial charge in [-0.3, -0.25) is 0 Å². The molecule has 2 nitrogen and oxygen atoms in total. The summed E-state index contributed by atoms with van der Waals surface area (Å²) in [6.45, 7) is 14.5. The second kappa shape index (κ2) is 12.8. The molecule has 0 atom stereocenters. The molecule has 264 valence electrons. The van der Waals surface area contributed by atoms with E-state index in [1.54, 1.807) is 11.1 Å². The first-order valence-electron chi connectivity index (χ1n) is 19.9. The molecule has 0 saturated heterocycles. The van der Waals surface area contributed by atoms with Crippen molar-refractivity contribution in [2.45, 2.75) is 90.9 Å². The van der Waals surface area contributed by atoms with Gasteiger partial charge in [0.15, 0.2) is 7.28 Å². The summed E-state index contributed by atoms with van der Waals surface area (Å²) in [5.41, 5.74) is 20.5. The van der Waals surface area contributed by atoms with Crippen LogP contribution in [0.3, 0.4) is 0 Å². The maximum atomic E-state index is 3.98. The zero-order valence-corrected chi connectivity index (χ0v) is 32.4. The standard InChI is InChI=1S/C50H51BN2/c1-7-18-33-19-12-14-24-38(33)49(3,4)41-31-43(52-35-21-9-8-10-22-35)37(29-32(41)2)46-36-23-13-11-20-34(36)30-45-47(46)51-42-27-17-26-40-48(42)53(45)44-28-16-15-25-39(44)50(40,5)6/h8-11,13,15-17,20-23,25-31,51-52H,7,12,14,18-19,24H2,1-6H3. The van der Waals surface area contributed by atoms with Gasteiger partial charge in [0.1, 0.15) is 0 Å². The van der Waals surface area contributed by atoms with E-state index in [4.69, 9.17) is 0 Å². The molecule has 6 aromatic carbocycles. The largest absolute Gasteiger partial charge is 0.355 e. The van der Waals surface area contributed by atoms with Crippen LogP contribution in [-0.2, 0) is 10.8 Å². The Morgan fingerprint density at radius 2 is 1.51 bits per heavy atom. The van der Waals surface area contributed by atoms with Crippen LogP contribution in [0.25, 0.3) is 21.9 Å². The van der Waals surface area contributed by atoms with Crippen LogP contribution in [0.1, 0.15) is 95.4 Å². The van der Waals surface area contributed by atoms with E-state index in [0.29, 0.717) is 0 Å². The molecule has 53 heavy (non-hydrogen) atoms. The molecule has 0 radical (unpaired) electrons. The molecule has 0 spiro atoms. The monoisotopic (exact) mass is 690 g/mol. The van der Waals surface area contributed by atoms with E-state index in [1.165, 1.54) is 116 Å². The van der Waals surface area contributed by atoms with E-state index >= 15 is 0 Å². The van der Waals surface area contributed by atoms with E-state index in [-0.39, 0.29) is 10.8 Å². The molecule has 3 aliphatic rings. The number of allylic oxidation sites excluding steroid dienone is 2. The molecule has 0 aromatic heterocycles. The van der Waals surface area contributed by atoms with Crippen LogP contribution in [-0.4, -0.2) is 7.28 Å². The molecule has 0 amide bonds. The van der Waals surface area contributed by atoms with Crippen molar-refractivity contribution in [2.24, 2.45) is 0 Å². The summed E-state index contributed by atoms with van der Waals surface area (Å²) in [5, 5.41) is 6.56. The Morgan fingerprint density at radius 1 is 0.774 bits per heavy atom. The van der Waals surface area contributed by atoms with Crippen LogP contribution < -0.4 is 21.1 Å². The van der Waals surface area contributed by atoms with Gasteiger partial charge in [-0.2, -0.15) is 0 Å². The molecule has 2 heterocycles. The maximum Gasteiger partial charge on any atom is 0.198 e. The Hall–Kier alpha value is -5.02. The lowest BCUT2D eigenvalue weighted by Crippen LogP contribution is -2.45. The Labute approximate surface area is 317 Å². The Bertz CT molecular complexity index is 2430. The number of benzene rings is 6. The minimum Gasteiger partial charge on any atom is -0.355 e. The summed E-state index contributed by atoms with van der Waals surface area (Å²) in [7, 11) is 0.887. The highest BCUT2D eigenvalue weighted by atomic mass is 15.2. The molecular formula is C50H51BN2. The van der Waals surface area contributed by atoms with E-state index in [9.17, 15) is 0 Å². The molecular weight excluding hydrogens is 639 g/mol. The third-order valence-electron chi connectivity index (χ3n) is 12.8. The quantitative estimate of drug-likeness (QED) is 0.132. The fourth-order valence-corrected chi connectivity index (χ4v) is 10.3. The summed E-state index contributed by atoms with van der Waals surface area (Å²) < 4.78 is 0.